The fourth-order valence-corrected chi connectivity index (χ4v) is 2.58. The van der Waals surface area contributed by atoms with Gasteiger partial charge in [0.15, 0.2) is 0 Å². The van der Waals surface area contributed by atoms with Crippen LogP contribution < -0.4 is 5.32 Å². The second-order valence-electron chi connectivity index (χ2n) is 4.55. The Balaban J connectivity index is 1.71. The summed E-state index contributed by atoms with van der Waals surface area (Å²) in [4.78, 5) is 16.4. The smallest absolute Gasteiger partial charge is 0.221 e. The Morgan fingerprint density at radius 1 is 1.38 bits per heavy atom. The van der Waals surface area contributed by atoms with Crippen molar-refractivity contribution in [2.45, 2.75) is 31.7 Å². The van der Waals surface area contributed by atoms with E-state index in [4.69, 9.17) is 4.42 Å². The maximum atomic E-state index is 13.4. The highest BCUT2D eigenvalue weighted by Gasteiger charge is 2.08. The van der Waals surface area contributed by atoms with E-state index in [1.807, 2.05) is 13.8 Å². The summed E-state index contributed by atoms with van der Waals surface area (Å²) in [5, 5.41) is 2.74. The lowest BCUT2D eigenvalue weighted by Crippen LogP contribution is -2.23. The fourth-order valence-electron chi connectivity index (χ4n) is 1.69. The van der Waals surface area contributed by atoms with Gasteiger partial charge in [-0.3, -0.25) is 4.79 Å². The summed E-state index contributed by atoms with van der Waals surface area (Å²) in [5.41, 5.74) is 0.828. The molecule has 0 saturated carbocycles. The largest absolute Gasteiger partial charge is 0.444 e. The quantitative estimate of drug-likeness (QED) is 0.832. The van der Waals surface area contributed by atoms with E-state index in [1.165, 1.54) is 17.8 Å². The Kier molecular flexibility index (Phi) is 5.38. The molecule has 0 aliphatic rings. The minimum Gasteiger partial charge on any atom is -0.444 e. The SMILES string of the molecule is Cc1nc(CNC(=O)CCSc2ccccc2F)oc1C. The molecule has 0 atom stereocenters. The molecule has 21 heavy (non-hydrogen) atoms. The number of carbonyl (C=O) groups excluding carboxylic acids is 1. The number of aromatic nitrogens is 1. The molecular formula is C15H17FN2O2S. The second-order valence-corrected chi connectivity index (χ2v) is 5.69. The highest BCUT2D eigenvalue weighted by atomic mass is 32.2. The number of rotatable bonds is 6. The van der Waals surface area contributed by atoms with Gasteiger partial charge in [0.25, 0.3) is 0 Å². The second kappa shape index (κ2) is 7.26. The van der Waals surface area contributed by atoms with Crippen molar-refractivity contribution < 1.29 is 13.6 Å². The van der Waals surface area contributed by atoms with Crippen LogP contribution in [0.15, 0.2) is 33.6 Å². The Hall–Kier alpha value is -1.82. The van der Waals surface area contributed by atoms with Gasteiger partial charge in [0, 0.05) is 17.1 Å². The van der Waals surface area contributed by atoms with Crippen molar-refractivity contribution in [3.8, 4) is 0 Å². The number of thioether (sulfide) groups is 1. The molecule has 1 aromatic heterocycles. The van der Waals surface area contributed by atoms with Crippen LogP contribution >= 0.6 is 11.8 Å². The molecule has 0 bridgehead atoms. The zero-order valence-electron chi connectivity index (χ0n) is 12.0. The summed E-state index contributed by atoms with van der Waals surface area (Å²) < 4.78 is 18.8. The van der Waals surface area contributed by atoms with Gasteiger partial charge >= 0.3 is 0 Å². The summed E-state index contributed by atoms with van der Waals surface area (Å²) in [5.74, 6) is 1.42. The van der Waals surface area contributed by atoms with Gasteiger partial charge in [-0.25, -0.2) is 9.37 Å². The van der Waals surface area contributed by atoms with Gasteiger partial charge in [-0.05, 0) is 26.0 Å². The molecule has 0 fully saturated rings. The number of aryl methyl sites for hydroxylation is 2. The number of nitrogens with zero attached hydrogens (tertiary/aromatic N) is 1. The number of halogens is 1. The summed E-state index contributed by atoms with van der Waals surface area (Å²) in [6.45, 7) is 3.96. The van der Waals surface area contributed by atoms with Crippen molar-refractivity contribution in [3.05, 3.63) is 47.4 Å². The van der Waals surface area contributed by atoms with Crippen molar-refractivity contribution in [1.82, 2.24) is 10.3 Å². The average molecular weight is 308 g/mol. The lowest BCUT2D eigenvalue weighted by atomic mass is 10.3. The molecule has 112 valence electrons. The Bertz CT molecular complexity index is 608. The van der Waals surface area contributed by atoms with Gasteiger partial charge < -0.3 is 9.73 Å². The molecule has 0 saturated heterocycles. The van der Waals surface area contributed by atoms with Crippen molar-refractivity contribution >= 4 is 17.7 Å². The zero-order valence-corrected chi connectivity index (χ0v) is 12.8. The van der Waals surface area contributed by atoms with Crippen molar-refractivity contribution in [2.75, 3.05) is 5.75 Å². The third kappa shape index (κ3) is 4.60. The number of nitrogens with one attached hydrogen (secondary N) is 1. The van der Waals surface area contributed by atoms with Crippen molar-refractivity contribution in [1.29, 1.82) is 0 Å². The number of hydrogen-bond donors (Lipinski definition) is 1. The van der Waals surface area contributed by atoms with E-state index >= 15 is 0 Å². The lowest BCUT2D eigenvalue weighted by Gasteiger charge is -2.04. The van der Waals surface area contributed by atoms with Crippen molar-refractivity contribution in [3.63, 3.8) is 0 Å². The van der Waals surface area contributed by atoms with Crippen LogP contribution in [0.5, 0.6) is 0 Å². The molecule has 1 aromatic carbocycles. The summed E-state index contributed by atoms with van der Waals surface area (Å²) in [6, 6.07) is 6.54. The number of carbonyl (C=O) groups is 1. The van der Waals surface area contributed by atoms with E-state index < -0.39 is 0 Å². The average Bonchev–Trinajstić information content (AvgIpc) is 2.78. The first-order valence-electron chi connectivity index (χ1n) is 6.63. The number of benzene rings is 1. The normalized spacial score (nSPS) is 10.6. The predicted molar refractivity (Wildman–Crippen MR) is 79.6 cm³/mol. The van der Waals surface area contributed by atoms with Gasteiger partial charge in [-0.1, -0.05) is 12.1 Å². The first-order chi connectivity index (χ1) is 10.1. The van der Waals surface area contributed by atoms with E-state index in [2.05, 4.69) is 10.3 Å². The van der Waals surface area contributed by atoms with Crippen LogP contribution in [-0.4, -0.2) is 16.6 Å². The van der Waals surface area contributed by atoms with E-state index in [0.29, 0.717) is 23.0 Å². The molecule has 6 heteroatoms. The maximum Gasteiger partial charge on any atom is 0.221 e. The van der Waals surface area contributed by atoms with Crippen LogP contribution in [0.2, 0.25) is 0 Å². The third-order valence-corrected chi connectivity index (χ3v) is 3.98. The third-order valence-electron chi connectivity index (χ3n) is 2.93. The van der Waals surface area contributed by atoms with E-state index in [1.54, 1.807) is 18.2 Å². The number of amides is 1. The van der Waals surface area contributed by atoms with Crippen LogP contribution in [0.4, 0.5) is 4.39 Å². The standard InChI is InChI=1S/C15H17FN2O2S/c1-10-11(2)20-15(18-10)9-17-14(19)7-8-21-13-6-4-3-5-12(13)16/h3-6H,7-9H2,1-2H3,(H,17,19). The molecule has 2 rings (SSSR count). The molecule has 1 N–H and O–H groups in total. The Morgan fingerprint density at radius 3 is 2.81 bits per heavy atom. The van der Waals surface area contributed by atoms with Gasteiger partial charge in [0.1, 0.15) is 11.6 Å². The minimum atomic E-state index is -0.256. The summed E-state index contributed by atoms with van der Waals surface area (Å²) in [6.07, 6.45) is 0.317. The van der Waals surface area contributed by atoms with Gasteiger partial charge in [0.05, 0.1) is 12.2 Å². The first-order valence-corrected chi connectivity index (χ1v) is 7.61. The Labute approximate surface area is 127 Å². The summed E-state index contributed by atoms with van der Waals surface area (Å²) >= 11 is 1.33. The highest BCUT2D eigenvalue weighted by Crippen LogP contribution is 2.21. The van der Waals surface area contributed by atoms with Gasteiger partial charge in [0.2, 0.25) is 11.8 Å². The molecule has 0 unspecified atom stereocenters. The van der Waals surface area contributed by atoms with Crippen molar-refractivity contribution in [2.24, 2.45) is 0 Å². The minimum absolute atomic E-state index is 0.104. The molecular weight excluding hydrogens is 291 g/mol. The monoisotopic (exact) mass is 308 g/mol. The first kappa shape index (κ1) is 15.6. The topological polar surface area (TPSA) is 55.1 Å². The summed E-state index contributed by atoms with van der Waals surface area (Å²) in [7, 11) is 0. The molecule has 1 heterocycles. The molecule has 4 nitrogen and oxygen atoms in total. The van der Waals surface area contributed by atoms with E-state index in [-0.39, 0.29) is 18.3 Å². The van der Waals surface area contributed by atoms with Gasteiger partial charge in [-0.15, -0.1) is 11.8 Å². The van der Waals surface area contributed by atoms with Crippen LogP contribution in [0.1, 0.15) is 23.8 Å². The highest BCUT2D eigenvalue weighted by molar-refractivity contribution is 7.99. The van der Waals surface area contributed by atoms with Gasteiger partial charge in [-0.2, -0.15) is 0 Å². The van der Waals surface area contributed by atoms with Crippen LogP contribution in [0.25, 0.3) is 0 Å². The van der Waals surface area contributed by atoms with E-state index in [9.17, 15) is 9.18 Å². The molecule has 2 aromatic rings. The van der Waals surface area contributed by atoms with Crippen LogP contribution in [-0.2, 0) is 11.3 Å². The molecule has 0 aliphatic carbocycles. The molecule has 0 aliphatic heterocycles. The van der Waals surface area contributed by atoms with Crippen LogP contribution in [0.3, 0.4) is 0 Å². The maximum absolute atomic E-state index is 13.4. The molecule has 0 spiro atoms. The predicted octanol–water partition coefficient (Wildman–Crippen LogP) is 3.23. The molecule has 0 radical (unpaired) electrons. The number of oxazole rings is 1. The number of hydrogen-bond acceptors (Lipinski definition) is 4. The lowest BCUT2D eigenvalue weighted by molar-refractivity contribution is -0.120. The zero-order chi connectivity index (χ0) is 15.2. The van der Waals surface area contributed by atoms with Crippen LogP contribution in [0, 0.1) is 19.7 Å². The fraction of sp³-hybridized carbons (Fsp3) is 0.333. The molecule has 1 amide bonds. The Morgan fingerprint density at radius 2 is 2.14 bits per heavy atom. The van der Waals surface area contributed by atoms with E-state index in [0.717, 1.165) is 11.5 Å².